The number of likely N-dealkylation sites (tertiary alicyclic amines) is 1. The number of halogens is 1. The maximum atomic E-state index is 14.5. The van der Waals surface area contributed by atoms with Gasteiger partial charge in [-0.2, -0.15) is 0 Å². The highest BCUT2D eigenvalue weighted by atomic mass is 35.5. The van der Waals surface area contributed by atoms with Gasteiger partial charge in [-0.1, -0.05) is 47.5 Å². The van der Waals surface area contributed by atoms with E-state index in [1.54, 1.807) is 149 Å². The minimum atomic E-state index is -3.85. The second kappa shape index (κ2) is 47.7. The van der Waals surface area contributed by atoms with Crippen molar-refractivity contribution in [1.29, 1.82) is 0 Å². The number of carboxylic acid groups (broad SMARTS) is 3. The summed E-state index contributed by atoms with van der Waals surface area (Å²) in [4.78, 5) is 147. The maximum Gasteiger partial charge on any atom is 0.323 e. The molecule has 6 fully saturated rings. The number of esters is 3. The first-order chi connectivity index (χ1) is 59.6. The average molecular weight is 1870 g/mol. The number of aromatic nitrogens is 2. The van der Waals surface area contributed by atoms with Crippen LogP contribution in [-0.4, -0.2) is 234 Å². The molecule has 8 N–H and O–H groups in total. The number of fused-ring (bicyclic) bond motifs is 2. The van der Waals surface area contributed by atoms with Gasteiger partial charge < -0.3 is 73.9 Å². The molecule has 34 nitrogen and oxygen atoms in total. The topological polar surface area (TPSA) is 491 Å². The summed E-state index contributed by atoms with van der Waals surface area (Å²) in [6.45, 7) is 43.1. The van der Waals surface area contributed by atoms with Crippen molar-refractivity contribution in [2.45, 2.75) is 291 Å². The summed E-state index contributed by atoms with van der Waals surface area (Å²) in [7, 11) is -7.57. The number of ether oxygens (including phenoxy) is 9. The van der Waals surface area contributed by atoms with Crippen LogP contribution in [0.3, 0.4) is 0 Å². The predicted octanol–water partition coefficient (Wildman–Crippen LogP) is 10.6. The fourth-order valence-electron chi connectivity index (χ4n) is 15.0. The first-order valence-electron chi connectivity index (χ1n) is 43.5. The number of carbonyl (C=O) groups excluding carboxylic acids is 8. The van der Waals surface area contributed by atoms with E-state index in [1.807, 2.05) is 56.3 Å². The Labute approximate surface area is 764 Å². The highest BCUT2D eigenvalue weighted by molar-refractivity contribution is 7.91. The van der Waals surface area contributed by atoms with Gasteiger partial charge in [-0.05, 0) is 204 Å². The number of aryl methyl sites for hydroxylation is 2. The first-order valence-corrected chi connectivity index (χ1v) is 46.6. The number of ketones is 2. The van der Waals surface area contributed by atoms with E-state index in [9.17, 15) is 69.6 Å². The lowest BCUT2D eigenvalue weighted by atomic mass is 9.90. The van der Waals surface area contributed by atoms with Crippen LogP contribution in [0.1, 0.15) is 206 Å². The van der Waals surface area contributed by atoms with Crippen molar-refractivity contribution in [2.24, 2.45) is 46.2 Å². The third-order valence-corrected chi connectivity index (χ3v) is 25.8. The molecule has 37 heteroatoms. The lowest BCUT2D eigenvalue weighted by Crippen LogP contribution is -2.48. The van der Waals surface area contributed by atoms with Crippen molar-refractivity contribution in [3.8, 4) is 11.8 Å². The first kappa shape index (κ1) is 110. The highest BCUT2D eigenvalue weighted by Gasteiger charge is 2.63. The molecule has 5 unspecified atom stereocenters. The van der Waals surface area contributed by atoms with Crippen LogP contribution in [0.2, 0.25) is 0 Å². The summed E-state index contributed by atoms with van der Waals surface area (Å²) in [5, 5.41) is 32.1. The Kier molecular flexibility index (Phi) is 40.8. The molecule has 0 radical (unpaired) electrons. The molecule has 0 bridgehead atoms. The summed E-state index contributed by atoms with van der Waals surface area (Å²) in [6, 6.07) is 13.3. The Hall–Kier alpha value is -9.27. The van der Waals surface area contributed by atoms with Crippen LogP contribution < -0.4 is 30.0 Å². The van der Waals surface area contributed by atoms with Crippen LogP contribution in [0.4, 0.5) is 0 Å². The predicted molar refractivity (Wildman–Crippen MR) is 483 cm³/mol. The van der Waals surface area contributed by atoms with E-state index >= 15 is 0 Å². The van der Waals surface area contributed by atoms with Crippen molar-refractivity contribution in [3.63, 3.8) is 0 Å². The number of Topliss-reactive ketones (excluding diaryl/α,β-unsaturated/α-hetero) is 2. The zero-order valence-corrected chi connectivity index (χ0v) is 80.1. The van der Waals surface area contributed by atoms with E-state index in [0.29, 0.717) is 76.8 Å². The van der Waals surface area contributed by atoms with Crippen LogP contribution in [0.25, 0.3) is 21.5 Å². The number of carbonyl (C=O) groups is 11. The smallest absolute Gasteiger partial charge is 0.323 e. The summed E-state index contributed by atoms with van der Waals surface area (Å²) in [5.41, 5.74) is 3.12. The van der Waals surface area contributed by atoms with E-state index in [0.717, 1.165) is 32.7 Å². The fraction of sp³-hybridized carbons (Fsp3) is 0.630. The van der Waals surface area contributed by atoms with E-state index < -0.39 is 190 Å². The molecule has 0 spiro atoms. The molecular formula is C92H135ClN7O27S2+. The number of nitrogens with one attached hydrogen (secondary N) is 3. The molecular weight excluding hydrogens is 1730 g/mol. The van der Waals surface area contributed by atoms with E-state index in [4.69, 9.17) is 63.7 Å². The van der Waals surface area contributed by atoms with Crippen LogP contribution in [-0.2, 0) is 106 Å². The van der Waals surface area contributed by atoms with Crippen molar-refractivity contribution < 1.29 is 128 Å². The van der Waals surface area contributed by atoms with Crippen LogP contribution in [0.15, 0.2) is 86.2 Å². The van der Waals surface area contributed by atoms with Gasteiger partial charge in [-0.3, -0.25) is 57.5 Å². The van der Waals surface area contributed by atoms with Gasteiger partial charge in [0.2, 0.25) is 39.5 Å². The Morgan fingerprint density at radius 2 is 0.961 bits per heavy atom. The number of hydrogen-bond acceptors (Lipinski definition) is 28. The van der Waals surface area contributed by atoms with Crippen LogP contribution in [0.5, 0.6) is 11.8 Å². The SMILES string of the molecule is C=C[C@@H]1C[C@]1(CC(=O)[C@@H]1C[C@@H](Oc2nccc3cc(C)ccc23)CN1)C(=O)NS(=O)(=O)C1[CH+]C1.C=C[C@@H]1C[C@]1(CC(=O)[C@@H]1C[C@@H](Oc2nccc3cc(C)ccc23)CN1C(=O)C(CC(=O)OC(C)(C)C)[C@H](C)OCC)C(=O)NS(=O)(=O)C1CC1.CCO[C@@H](C)C(CC(=O)OC(C)(C)C)C(=O)O.CCO[C@@H](C)C(CC(=O)OC(C)(C)C)C(=O)O.CCO[C@@H](C)C(N)C(=O)O.Cl. The van der Waals surface area contributed by atoms with Gasteiger partial charge >= 0.3 is 35.8 Å². The number of nitrogens with zero attached hydrogens (tertiary/aromatic N) is 3. The molecule has 129 heavy (non-hydrogen) atoms. The largest absolute Gasteiger partial charge is 0.481 e. The molecule has 718 valence electrons. The molecule has 2 aliphatic heterocycles. The lowest BCUT2D eigenvalue weighted by Gasteiger charge is -2.31. The molecule has 4 aliphatic carbocycles. The molecule has 3 amide bonds. The molecule has 6 aliphatic rings. The van der Waals surface area contributed by atoms with Crippen LogP contribution >= 0.6 is 12.4 Å². The normalized spacial score (nSPS) is 22.7. The third kappa shape index (κ3) is 33.2. The Morgan fingerprint density at radius 3 is 1.33 bits per heavy atom. The number of rotatable bonds is 40. The lowest BCUT2D eigenvalue weighted by molar-refractivity contribution is -0.163. The summed E-state index contributed by atoms with van der Waals surface area (Å²) in [5.74, 6) is -9.51. The van der Waals surface area contributed by atoms with Crippen molar-refractivity contribution >= 4 is 119 Å². The molecule has 10 rings (SSSR count). The van der Waals surface area contributed by atoms with E-state index in [-0.39, 0.29) is 81.7 Å². The van der Waals surface area contributed by atoms with Gasteiger partial charge in [-0.25, -0.2) is 31.5 Å². The average Bonchev–Trinajstić information content (AvgIpc) is 1.57. The number of sulfonamides is 2. The zero-order valence-electron chi connectivity index (χ0n) is 77.7. The highest BCUT2D eigenvalue weighted by Crippen LogP contribution is 2.58. The molecule has 4 aromatic rings. The second-order valence-electron chi connectivity index (χ2n) is 36.3. The Balaban J connectivity index is 0.000000320. The molecule has 2 aromatic carbocycles. The number of carboxylic acids is 3. The van der Waals surface area contributed by atoms with E-state index in [1.165, 1.54) is 4.90 Å². The van der Waals surface area contributed by atoms with Gasteiger partial charge in [0.15, 0.2) is 11.6 Å². The number of aliphatic carboxylic acids is 3. The second-order valence-corrected chi connectivity index (χ2v) is 40.2. The quantitative estimate of drug-likeness (QED) is 0.00941. The third-order valence-electron chi connectivity index (χ3n) is 22.3. The standard InChI is InChI=1S/C37H49N3O9S.C25H27N3O5S.2C12H22O5.C6H13NO3.ClH/c1-8-25-19-37(25,35(44)39-50(45,46)27-11-12-27)20-31(41)30-17-26(48-33-28-13-10-22(3)16-24(28)14-15-38-33)21-40(30)34(43)29(23(4)47-9-2)18-32(42)49-36(5,6)7;1-3-17-12-25(17,24(30)28-34(31,32)19-5-6-19)13-22(29)21-11-18(14-27-21)33-23-20-7-4-15(2)10-16(20)8-9-26-23;2*1-6-16-8(2)9(11(14)15)7-10(13)17-12(3,4)5;1-3-10-4(2)5(7)6(8)9;/h8,10,13-16,23,25-27,29-30H,1,9,11-12,17-21H2,2-7H3,(H,39,44);3-5,7-10,17-19,21,27H,1,6,11-14H2,2H3;2*8-9H,6-7H2,1-5H3,(H,14,15);4-5H,3,7H2,1-2H3,(H,8,9);1H/p+1/t23-,25+,26+,29?,30-,37+;17-,18-,19?,21+,25-;2*8-,9?;4-,5?;/m01000./s1. The molecule has 2 saturated heterocycles. The molecule has 17 atom stereocenters. The minimum absolute atomic E-state index is 0. The number of hydrogen-bond donors (Lipinski definition) is 7. The molecule has 2 aromatic heterocycles. The van der Waals surface area contributed by atoms with Gasteiger partial charge in [-0.15, -0.1) is 25.6 Å². The van der Waals surface area contributed by atoms with Crippen molar-refractivity contribution in [1.82, 2.24) is 29.6 Å². The molecule has 4 heterocycles. The Bertz CT molecular complexity index is 4780. The summed E-state index contributed by atoms with van der Waals surface area (Å²) >= 11 is 0. The number of benzene rings is 2. The van der Waals surface area contributed by atoms with Crippen molar-refractivity contribution in [2.75, 3.05) is 39.5 Å². The number of amides is 3. The minimum Gasteiger partial charge on any atom is -0.481 e. The fourth-order valence-corrected chi connectivity index (χ4v) is 17.6. The summed E-state index contributed by atoms with van der Waals surface area (Å²) < 4.78 is 104. The van der Waals surface area contributed by atoms with Crippen molar-refractivity contribution in [3.05, 3.63) is 104 Å². The number of allylic oxidation sites excluding steroid dienone is 2. The van der Waals surface area contributed by atoms with Gasteiger partial charge in [0.25, 0.3) is 15.3 Å². The summed E-state index contributed by atoms with van der Waals surface area (Å²) in [6.07, 6.45) is 6.87. The zero-order chi connectivity index (χ0) is 96.1. The number of pyridine rings is 2. The number of nitrogens with two attached hydrogens (primary N) is 1. The maximum absolute atomic E-state index is 14.5. The van der Waals surface area contributed by atoms with E-state index in [2.05, 4.69) is 44.0 Å². The molecule has 4 saturated carbocycles. The van der Waals surface area contributed by atoms with Gasteiger partial charge in [0, 0.05) is 81.8 Å². The van der Waals surface area contributed by atoms with Crippen LogP contribution in [0, 0.1) is 60.7 Å². The monoisotopic (exact) mass is 1870 g/mol. The Morgan fingerprint density at radius 1 is 0.574 bits per heavy atom. The van der Waals surface area contributed by atoms with Gasteiger partial charge in [0.1, 0.15) is 47.9 Å². The van der Waals surface area contributed by atoms with Gasteiger partial charge in [0.05, 0.1) is 96.1 Å².